The van der Waals surface area contributed by atoms with E-state index in [2.05, 4.69) is 19.1 Å². The molecular weight excluding hydrogens is 246 g/mol. The highest BCUT2D eigenvalue weighted by atomic mass is 32.2. The van der Waals surface area contributed by atoms with Crippen LogP contribution in [0.15, 0.2) is 12.5 Å². The van der Waals surface area contributed by atoms with E-state index in [1.807, 2.05) is 0 Å². The van der Waals surface area contributed by atoms with Crippen LogP contribution in [0.1, 0.15) is 0 Å². The largest absolute Gasteiger partial charge is 0.368 e. The van der Waals surface area contributed by atoms with Crippen LogP contribution in [0.4, 0.5) is 5.95 Å². The smallest absolute Gasteiger partial charge is 0.264 e. The highest BCUT2D eigenvalue weighted by Gasteiger charge is 2.06. The van der Waals surface area contributed by atoms with Crippen molar-refractivity contribution in [1.82, 2.24) is 19.5 Å². The van der Waals surface area contributed by atoms with Crippen molar-refractivity contribution in [3.63, 3.8) is 0 Å². The predicted octanol–water partition coefficient (Wildman–Crippen LogP) is -0.615. The van der Waals surface area contributed by atoms with Gasteiger partial charge in [-0.3, -0.25) is 4.18 Å². The number of fused-ring (bicyclic) bond motifs is 1. The van der Waals surface area contributed by atoms with E-state index < -0.39 is 10.1 Å². The molecule has 0 fully saturated rings. The molecule has 0 aromatic carbocycles. The van der Waals surface area contributed by atoms with Crippen molar-refractivity contribution in [3.05, 3.63) is 12.5 Å². The van der Waals surface area contributed by atoms with E-state index in [0.717, 1.165) is 6.26 Å². The summed E-state index contributed by atoms with van der Waals surface area (Å²) in [5.41, 5.74) is 6.61. The summed E-state index contributed by atoms with van der Waals surface area (Å²) in [6.07, 6.45) is 4.04. The number of nitrogens with zero attached hydrogens (tertiary/aromatic N) is 4. The van der Waals surface area contributed by atoms with Gasteiger partial charge in [0, 0.05) is 0 Å². The van der Waals surface area contributed by atoms with Crippen molar-refractivity contribution in [3.8, 4) is 0 Å². The summed E-state index contributed by atoms with van der Waals surface area (Å²) in [7, 11) is -3.43. The summed E-state index contributed by atoms with van der Waals surface area (Å²) in [5, 5.41) is 0. The lowest BCUT2D eigenvalue weighted by Crippen LogP contribution is -2.10. The predicted molar refractivity (Wildman–Crippen MR) is 60.5 cm³/mol. The maximum absolute atomic E-state index is 10.8. The minimum Gasteiger partial charge on any atom is -0.368 e. The van der Waals surface area contributed by atoms with Crippen molar-refractivity contribution >= 4 is 27.2 Å². The topological polar surface area (TPSA) is 113 Å². The fraction of sp³-hybridized carbons (Fsp3) is 0.375. The summed E-state index contributed by atoms with van der Waals surface area (Å²) < 4.78 is 27.9. The molecule has 9 heteroatoms. The van der Waals surface area contributed by atoms with Gasteiger partial charge in [0.2, 0.25) is 5.95 Å². The lowest BCUT2D eigenvalue weighted by molar-refractivity contribution is 0.305. The van der Waals surface area contributed by atoms with Gasteiger partial charge in [-0.25, -0.2) is 9.97 Å². The number of nitrogen functional groups attached to an aromatic ring is 1. The molecule has 2 heterocycles. The first-order valence-electron chi connectivity index (χ1n) is 4.73. The number of imidazole rings is 1. The summed E-state index contributed by atoms with van der Waals surface area (Å²) in [6.45, 7) is 0.341. The molecule has 2 aromatic heterocycles. The Morgan fingerprint density at radius 3 is 2.94 bits per heavy atom. The number of nitrogens with two attached hydrogens (primary N) is 1. The molecule has 0 bridgehead atoms. The van der Waals surface area contributed by atoms with Crippen LogP contribution < -0.4 is 5.73 Å². The van der Waals surface area contributed by atoms with Crippen molar-refractivity contribution in [2.45, 2.75) is 6.54 Å². The summed E-state index contributed by atoms with van der Waals surface area (Å²) in [5.74, 6) is 0.142. The van der Waals surface area contributed by atoms with Crippen LogP contribution in [0.3, 0.4) is 0 Å². The van der Waals surface area contributed by atoms with Gasteiger partial charge in [0.1, 0.15) is 5.52 Å². The van der Waals surface area contributed by atoms with Crippen molar-refractivity contribution in [1.29, 1.82) is 0 Å². The number of hydrogen-bond donors (Lipinski definition) is 1. The molecule has 0 unspecified atom stereocenters. The minimum atomic E-state index is -3.43. The summed E-state index contributed by atoms with van der Waals surface area (Å²) >= 11 is 0. The second-order valence-corrected chi connectivity index (χ2v) is 5.05. The van der Waals surface area contributed by atoms with Gasteiger partial charge in [-0.2, -0.15) is 13.4 Å². The Balaban J connectivity index is 2.16. The molecule has 8 nitrogen and oxygen atoms in total. The monoisotopic (exact) mass is 257 g/mol. The maximum atomic E-state index is 10.8. The average molecular weight is 257 g/mol. The van der Waals surface area contributed by atoms with Gasteiger partial charge in [-0.1, -0.05) is 0 Å². The van der Waals surface area contributed by atoms with Crippen LogP contribution in [0.5, 0.6) is 0 Å². The van der Waals surface area contributed by atoms with Gasteiger partial charge in [0.15, 0.2) is 5.65 Å². The number of hydrogen-bond acceptors (Lipinski definition) is 7. The van der Waals surface area contributed by atoms with E-state index in [4.69, 9.17) is 5.73 Å². The van der Waals surface area contributed by atoms with Crippen molar-refractivity contribution in [2.75, 3.05) is 18.6 Å². The second-order valence-electron chi connectivity index (χ2n) is 3.40. The van der Waals surface area contributed by atoms with Gasteiger partial charge in [-0.05, 0) is 0 Å². The third kappa shape index (κ3) is 2.88. The third-order valence-electron chi connectivity index (χ3n) is 2.01. The molecule has 0 aliphatic rings. The molecule has 0 saturated carbocycles. The molecule has 0 radical (unpaired) electrons. The molecule has 0 saturated heterocycles. The number of anilines is 1. The molecule has 0 spiro atoms. The van der Waals surface area contributed by atoms with Gasteiger partial charge in [0.05, 0.1) is 31.9 Å². The molecule has 0 atom stereocenters. The lowest BCUT2D eigenvalue weighted by Gasteiger charge is -2.03. The minimum absolute atomic E-state index is 0.0220. The first-order chi connectivity index (χ1) is 7.96. The van der Waals surface area contributed by atoms with E-state index in [-0.39, 0.29) is 12.6 Å². The maximum Gasteiger partial charge on any atom is 0.264 e. The fourth-order valence-corrected chi connectivity index (χ4v) is 1.70. The molecule has 0 aliphatic heterocycles. The molecule has 17 heavy (non-hydrogen) atoms. The van der Waals surface area contributed by atoms with E-state index in [1.165, 1.54) is 12.5 Å². The molecule has 2 N–H and O–H groups in total. The number of rotatable bonds is 4. The normalized spacial score (nSPS) is 12.1. The molecular formula is C8H11N5O3S. The highest BCUT2D eigenvalue weighted by molar-refractivity contribution is 7.85. The van der Waals surface area contributed by atoms with Crippen LogP contribution in [0.2, 0.25) is 0 Å². The van der Waals surface area contributed by atoms with Crippen molar-refractivity contribution in [2.24, 2.45) is 0 Å². The lowest BCUT2D eigenvalue weighted by atomic mass is 10.5. The first-order valence-corrected chi connectivity index (χ1v) is 6.55. The Bertz CT molecular complexity index is 636. The van der Waals surface area contributed by atoms with Gasteiger partial charge >= 0.3 is 0 Å². The Labute approximate surface area is 97.6 Å². The fourth-order valence-electron chi connectivity index (χ4n) is 1.32. The first kappa shape index (κ1) is 11.7. The Hall–Kier alpha value is -1.74. The Kier molecular flexibility index (Phi) is 2.94. The van der Waals surface area contributed by atoms with Crippen LogP contribution in [0.25, 0.3) is 11.2 Å². The summed E-state index contributed by atoms with van der Waals surface area (Å²) in [6, 6.07) is 0. The molecule has 92 valence electrons. The zero-order valence-electron chi connectivity index (χ0n) is 9.07. The highest BCUT2D eigenvalue weighted by Crippen LogP contribution is 2.09. The van der Waals surface area contributed by atoms with E-state index >= 15 is 0 Å². The molecule has 0 aliphatic carbocycles. The van der Waals surface area contributed by atoms with Gasteiger partial charge < -0.3 is 10.3 Å². The van der Waals surface area contributed by atoms with Gasteiger partial charge in [-0.15, -0.1) is 0 Å². The Morgan fingerprint density at radius 1 is 1.47 bits per heavy atom. The van der Waals surface area contributed by atoms with Crippen LogP contribution in [-0.2, 0) is 20.8 Å². The SMILES string of the molecule is CS(=O)(=O)OCCn1cnc2cnc(N)nc21. The Morgan fingerprint density at radius 2 is 2.24 bits per heavy atom. The van der Waals surface area contributed by atoms with Crippen LogP contribution in [-0.4, -0.2) is 40.8 Å². The summed E-state index contributed by atoms with van der Waals surface area (Å²) in [4.78, 5) is 11.9. The van der Waals surface area contributed by atoms with Crippen LogP contribution >= 0.6 is 0 Å². The van der Waals surface area contributed by atoms with Crippen LogP contribution in [0, 0.1) is 0 Å². The third-order valence-corrected chi connectivity index (χ3v) is 2.60. The van der Waals surface area contributed by atoms with E-state index in [1.54, 1.807) is 4.57 Å². The standard InChI is InChI=1S/C8H11N5O3S/c1-17(14,15)16-3-2-13-5-11-6-4-10-8(9)12-7(6)13/h4-5H,2-3H2,1H3,(H2,9,10,12). The molecule has 2 aromatic rings. The molecule has 2 rings (SSSR count). The van der Waals surface area contributed by atoms with E-state index in [0.29, 0.717) is 17.7 Å². The molecule has 0 amide bonds. The second kappa shape index (κ2) is 4.26. The average Bonchev–Trinajstić information content (AvgIpc) is 2.59. The van der Waals surface area contributed by atoms with Gasteiger partial charge in [0.25, 0.3) is 10.1 Å². The van der Waals surface area contributed by atoms with E-state index in [9.17, 15) is 8.42 Å². The quantitative estimate of drug-likeness (QED) is 0.726. The zero-order valence-corrected chi connectivity index (χ0v) is 9.88. The van der Waals surface area contributed by atoms with Crippen molar-refractivity contribution < 1.29 is 12.6 Å². The zero-order chi connectivity index (χ0) is 12.5. The number of aromatic nitrogens is 4.